The molecule has 2 aromatic carbocycles. The fourth-order valence-corrected chi connectivity index (χ4v) is 7.24. The largest absolute Gasteiger partial charge is 0.458 e. The fourth-order valence-electron chi connectivity index (χ4n) is 4.80. The molecule has 0 saturated heterocycles. The molecule has 13 heteroatoms. The number of sulfone groups is 1. The van der Waals surface area contributed by atoms with Crippen molar-refractivity contribution in [3.8, 4) is 0 Å². The zero-order chi connectivity index (χ0) is 33.1. The minimum atomic E-state index is -3.75. The summed E-state index contributed by atoms with van der Waals surface area (Å²) < 4.78 is 59.5. The monoisotopic (exact) mass is 664 g/mol. The highest BCUT2D eigenvalue weighted by atomic mass is 32.2. The molecule has 0 radical (unpaired) electrons. The predicted octanol–water partition coefficient (Wildman–Crippen LogP) is 4.19. The van der Waals surface area contributed by atoms with E-state index >= 15 is 0 Å². The van der Waals surface area contributed by atoms with Gasteiger partial charge in [-0.1, -0.05) is 44.5 Å². The number of hydrogen-bond donors (Lipinski definition) is 3. The van der Waals surface area contributed by atoms with Crippen LogP contribution in [-0.2, 0) is 38.8 Å². The van der Waals surface area contributed by atoms with E-state index in [-0.39, 0.29) is 29.2 Å². The first-order chi connectivity index (χ1) is 21.3. The average molecular weight is 665 g/mol. The summed E-state index contributed by atoms with van der Waals surface area (Å²) in [4.78, 5) is 31.3. The van der Waals surface area contributed by atoms with Gasteiger partial charge in [-0.15, -0.1) is 11.3 Å². The van der Waals surface area contributed by atoms with Gasteiger partial charge < -0.3 is 21.1 Å². The molecule has 0 spiro atoms. The molecule has 1 aromatic heterocycles. The Bertz CT molecular complexity index is 1540. The van der Waals surface area contributed by atoms with E-state index in [0.717, 1.165) is 47.1 Å². The molecule has 0 aliphatic rings. The van der Waals surface area contributed by atoms with Crippen molar-refractivity contribution in [2.45, 2.75) is 78.1 Å². The number of nitrogens with zero attached hydrogens (tertiary/aromatic N) is 1. The summed E-state index contributed by atoms with van der Waals surface area (Å²) in [6.45, 7) is 7.74. The van der Waals surface area contributed by atoms with Crippen molar-refractivity contribution in [1.82, 2.24) is 15.6 Å². The van der Waals surface area contributed by atoms with Crippen LogP contribution in [0.5, 0.6) is 0 Å². The topological polar surface area (TPSA) is 140 Å². The minimum absolute atomic E-state index is 0.0369. The number of unbranched alkanes of at least 4 members (excludes halogenated alkanes) is 1. The highest BCUT2D eigenvalue weighted by Gasteiger charge is 2.33. The molecule has 9 nitrogen and oxygen atoms in total. The molecule has 3 rings (SSSR count). The Morgan fingerprint density at radius 2 is 1.73 bits per heavy atom. The summed E-state index contributed by atoms with van der Waals surface area (Å²) >= 11 is 1.13. The SMILES string of the molecule is CCCCS(=O)(=O)C[C@@H](NC(=O)c1sc(C)nc1C)C(=O)O[C@H](CNCc1cccc(CC)c1)C(N)Cc1cc(F)cc(F)c1. The van der Waals surface area contributed by atoms with Crippen molar-refractivity contribution >= 4 is 33.1 Å². The van der Waals surface area contributed by atoms with Gasteiger partial charge in [0.1, 0.15) is 28.7 Å². The molecule has 1 heterocycles. The van der Waals surface area contributed by atoms with Crippen LogP contribution in [0.2, 0.25) is 0 Å². The normalized spacial score (nSPS) is 13.7. The van der Waals surface area contributed by atoms with Crippen LogP contribution in [0, 0.1) is 25.5 Å². The summed E-state index contributed by atoms with van der Waals surface area (Å²) in [7, 11) is -3.75. The number of carbonyl (C=O) groups is 2. The number of ether oxygens (including phenoxy) is 1. The predicted molar refractivity (Wildman–Crippen MR) is 172 cm³/mol. The van der Waals surface area contributed by atoms with E-state index in [1.54, 1.807) is 13.8 Å². The lowest BCUT2D eigenvalue weighted by Crippen LogP contribution is -2.51. The van der Waals surface area contributed by atoms with Crippen LogP contribution in [0.1, 0.15) is 63.8 Å². The second-order valence-corrected chi connectivity index (χ2v) is 14.5. The first kappa shape index (κ1) is 36.2. The zero-order valence-electron chi connectivity index (χ0n) is 26.1. The number of hydrogen-bond acceptors (Lipinski definition) is 9. The van der Waals surface area contributed by atoms with Crippen molar-refractivity contribution in [3.63, 3.8) is 0 Å². The zero-order valence-corrected chi connectivity index (χ0v) is 27.7. The lowest BCUT2D eigenvalue weighted by Gasteiger charge is -2.27. The van der Waals surface area contributed by atoms with Crippen molar-refractivity contribution in [3.05, 3.63) is 86.4 Å². The highest BCUT2D eigenvalue weighted by molar-refractivity contribution is 7.91. The molecular formula is C32H42F2N4O5S2. The van der Waals surface area contributed by atoms with E-state index in [1.165, 1.54) is 0 Å². The highest BCUT2D eigenvalue weighted by Crippen LogP contribution is 2.18. The molecule has 0 bridgehead atoms. The number of rotatable bonds is 17. The number of aryl methyl sites for hydroxylation is 3. The van der Waals surface area contributed by atoms with E-state index in [1.807, 2.05) is 38.1 Å². The number of halogens is 2. The number of nitrogens with one attached hydrogen (secondary N) is 2. The smallest absolute Gasteiger partial charge is 0.330 e. The van der Waals surface area contributed by atoms with Gasteiger partial charge in [-0.3, -0.25) is 4.79 Å². The number of esters is 1. The molecule has 0 saturated carbocycles. The summed E-state index contributed by atoms with van der Waals surface area (Å²) in [5.41, 5.74) is 9.31. The van der Waals surface area contributed by atoms with Gasteiger partial charge in [-0.2, -0.15) is 0 Å². The van der Waals surface area contributed by atoms with Gasteiger partial charge in [0.05, 0.1) is 22.2 Å². The van der Waals surface area contributed by atoms with Crippen LogP contribution in [0.3, 0.4) is 0 Å². The van der Waals surface area contributed by atoms with E-state index in [2.05, 4.69) is 15.6 Å². The maximum Gasteiger partial charge on any atom is 0.330 e. The first-order valence-electron chi connectivity index (χ1n) is 14.9. The van der Waals surface area contributed by atoms with E-state index in [4.69, 9.17) is 10.5 Å². The first-order valence-corrected chi connectivity index (χ1v) is 17.6. The fraction of sp³-hybridized carbons (Fsp3) is 0.469. The lowest BCUT2D eigenvalue weighted by molar-refractivity contribution is -0.151. The van der Waals surface area contributed by atoms with Crippen molar-refractivity contribution in [2.24, 2.45) is 5.73 Å². The molecule has 3 aromatic rings. The van der Waals surface area contributed by atoms with Crippen LogP contribution < -0.4 is 16.4 Å². The van der Waals surface area contributed by atoms with E-state index in [0.29, 0.717) is 30.1 Å². The van der Waals surface area contributed by atoms with Gasteiger partial charge in [0.25, 0.3) is 5.91 Å². The van der Waals surface area contributed by atoms with E-state index in [9.17, 15) is 26.8 Å². The molecule has 45 heavy (non-hydrogen) atoms. The Hall–Kier alpha value is -3.26. The Balaban J connectivity index is 1.85. The third-order valence-electron chi connectivity index (χ3n) is 7.14. The second-order valence-electron chi connectivity index (χ2n) is 11.1. The van der Waals surface area contributed by atoms with Crippen molar-refractivity contribution < 1.29 is 31.5 Å². The van der Waals surface area contributed by atoms with Gasteiger partial charge in [0.15, 0.2) is 9.84 Å². The van der Waals surface area contributed by atoms with Crippen molar-refractivity contribution in [1.29, 1.82) is 0 Å². The molecule has 3 atom stereocenters. The van der Waals surface area contributed by atoms with Gasteiger partial charge >= 0.3 is 5.97 Å². The summed E-state index contributed by atoms with van der Waals surface area (Å²) in [5, 5.41) is 6.40. The molecular weight excluding hydrogens is 623 g/mol. The molecule has 0 fully saturated rings. The van der Waals surface area contributed by atoms with Gasteiger partial charge in [-0.25, -0.2) is 27.0 Å². The average Bonchev–Trinajstić information content (AvgIpc) is 3.32. The number of benzene rings is 2. The van der Waals surface area contributed by atoms with Crippen LogP contribution in [0.15, 0.2) is 42.5 Å². The summed E-state index contributed by atoms with van der Waals surface area (Å²) in [5.74, 6) is -3.99. The van der Waals surface area contributed by atoms with Crippen LogP contribution in [0.25, 0.3) is 0 Å². The maximum atomic E-state index is 13.9. The van der Waals surface area contributed by atoms with Crippen LogP contribution in [-0.4, -0.2) is 61.5 Å². The Kier molecular flexibility index (Phi) is 13.6. The molecule has 1 amide bonds. The minimum Gasteiger partial charge on any atom is -0.458 e. The van der Waals surface area contributed by atoms with Gasteiger partial charge in [-0.05, 0) is 61.9 Å². The van der Waals surface area contributed by atoms with E-state index < -0.39 is 57.3 Å². The third-order valence-corrected chi connectivity index (χ3v) is 9.97. The molecule has 0 aliphatic carbocycles. The van der Waals surface area contributed by atoms with Crippen LogP contribution >= 0.6 is 11.3 Å². The van der Waals surface area contributed by atoms with Crippen molar-refractivity contribution in [2.75, 3.05) is 18.1 Å². The lowest BCUT2D eigenvalue weighted by atomic mass is 10.0. The quantitative estimate of drug-likeness (QED) is 0.183. The Morgan fingerprint density at radius 1 is 1.04 bits per heavy atom. The number of amides is 1. The number of thiazole rings is 1. The molecule has 4 N–H and O–H groups in total. The Labute approximate surface area is 267 Å². The second kappa shape index (κ2) is 16.9. The molecule has 0 aliphatic heterocycles. The summed E-state index contributed by atoms with van der Waals surface area (Å²) in [6, 6.07) is 8.53. The third kappa shape index (κ3) is 11.6. The van der Waals surface area contributed by atoms with Gasteiger partial charge in [0, 0.05) is 25.2 Å². The molecule has 246 valence electrons. The van der Waals surface area contributed by atoms with Crippen LogP contribution in [0.4, 0.5) is 8.78 Å². The van der Waals surface area contributed by atoms with Gasteiger partial charge in [0.2, 0.25) is 0 Å². The number of carbonyl (C=O) groups excluding carboxylic acids is 2. The summed E-state index contributed by atoms with van der Waals surface area (Å²) in [6.07, 6.45) is 0.808. The maximum absolute atomic E-state index is 13.9. The number of nitrogens with two attached hydrogens (primary N) is 1. The standard InChI is InChI=1S/C32H42F2N4O5S2/c1-5-7-11-45(41,42)19-28(38-31(39)30-20(3)37-21(4)44-30)32(40)43-29(18-36-17-23-10-8-9-22(6-2)12-23)27(35)15-24-13-25(33)16-26(34)14-24/h8-10,12-14,16,27-29,36H,5-7,11,15,17-19,35H2,1-4H3,(H,38,39)/t27?,28-,29-/m1/s1. The number of aromatic nitrogens is 1. The Morgan fingerprint density at radius 3 is 2.36 bits per heavy atom. The molecule has 1 unspecified atom stereocenters.